The van der Waals surface area contributed by atoms with Crippen LogP contribution in [-0.4, -0.2) is 10.6 Å². The van der Waals surface area contributed by atoms with E-state index in [0.717, 1.165) is 35.8 Å². The van der Waals surface area contributed by atoms with Crippen LogP contribution < -0.4 is 10.1 Å². The fraction of sp³-hybridized carbons (Fsp3) is 0.389. The van der Waals surface area contributed by atoms with Gasteiger partial charge < -0.3 is 10.1 Å². The van der Waals surface area contributed by atoms with Gasteiger partial charge in [-0.1, -0.05) is 18.2 Å². The Bertz CT molecular complexity index is 677. The number of nitrogens with one attached hydrogen (secondary N) is 1. The maximum atomic E-state index is 6.11. The summed E-state index contributed by atoms with van der Waals surface area (Å²) in [5.41, 5.74) is 5.57. The molecule has 0 unspecified atom stereocenters. The van der Waals surface area contributed by atoms with E-state index >= 15 is 0 Å². The molecule has 2 aromatic rings. The van der Waals surface area contributed by atoms with Crippen LogP contribution in [0.2, 0.25) is 0 Å². The van der Waals surface area contributed by atoms with Gasteiger partial charge in [0.2, 0.25) is 0 Å². The minimum atomic E-state index is -0.0975. The van der Waals surface area contributed by atoms with Crippen LogP contribution in [0.15, 0.2) is 30.3 Å². The second-order valence-corrected chi connectivity index (χ2v) is 6.38. The maximum Gasteiger partial charge on any atom is 0.128 e. The molecule has 0 aliphatic carbocycles. The van der Waals surface area contributed by atoms with Gasteiger partial charge in [-0.25, -0.2) is 0 Å². The van der Waals surface area contributed by atoms with Gasteiger partial charge in [-0.05, 0) is 45.4 Å². The van der Waals surface area contributed by atoms with Crippen molar-refractivity contribution in [2.75, 3.05) is 5.32 Å². The third kappa shape index (κ3) is 2.87. The van der Waals surface area contributed by atoms with Crippen molar-refractivity contribution in [2.24, 2.45) is 0 Å². The molecular weight excluding hydrogens is 260 g/mol. The molecule has 1 aliphatic rings. The number of anilines is 1. The van der Waals surface area contributed by atoms with Crippen molar-refractivity contribution in [3.8, 4) is 5.75 Å². The first-order chi connectivity index (χ1) is 9.94. The normalized spacial score (nSPS) is 15.4. The molecule has 0 bridgehead atoms. The van der Waals surface area contributed by atoms with E-state index in [1.54, 1.807) is 0 Å². The molecule has 1 aliphatic heterocycles. The Kier molecular flexibility index (Phi) is 3.36. The SMILES string of the molecule is Cc1ccc(NCc2cccc3c2OC(C)(C)C3)c(C)n1. The van der Waals surface area contributed by atoms with Crippen molar-refractivity contribution >= 4 is 5.69 Å². The Morgan fingerprint density at radius 1 is 1.19 bits per heavy atom. The Balaban J connectivity index is 1.80. The van der Waals surface area contributed by atoms with E-state index in [1.807, 2.05) is 19.9 Å². The lowest BCUT2D eigenvalue weighted by atomic mass is 10.0. The fourth-order valence-electron chi connectivity index (χ4n) is 2.88. The van der Waals surface area contributed by atoms with E-state index < -0.39 is 0 Å². The molecule has 0 spiro atoms. The molecule has 21 heavy (non-hydrogen) atoms. The van der Waals surface area contributed by atoms with E-state index in [2.05, 4.69) is 48.4 Å². The molecule has 1 aromatic carbocycles. The minimum absolute atomic E-state index is 0.0975. The van der Waals surface area contributed by atoms with Crippen molar-refractivity contribution in [1.29, 1.82) is 0 Å². The van der Waals surface area contributed by atoms with E-state index in [4.69, 9.17) is 4.74 Å². The summed E-state index contributed by atoms with van der Waals surface area (Å²) >= 11 is 0. The molecule has 0 radical (unpaired) electrons. The smallest absolute Gasteiger partial charge is 0.128 e. The zero-order valence-electron chi connectivity index (χ0n) is 13.2. The highest BCUT2D eigenvalue weighted by molar-refractivity contribution is 5.51. The highest BCUT2D eigenvalue weighted by atomic mass is 16.5. The van der Waals surface area contributed by atoms with Crippen LogP contribution in [0.1, 0.15) is 36.4 Å². The quantitative estimate of drug-likeness (QED) is 0.923. The minimum Gasteiger partial charge on any atom is -0.487 e. The molecule has 2 heterocycles. The zero-order chi connectivity index (χ0) is 15.0. The predicted octanol–water partition coefficient (Wildman–Crippen LogP) is 4.02. The molecule has 0 amide bonds. The van der Waals surface area contributed by atoms with Crippen LogP contribution in [-0.2, 0) is 13.0 Å². The highest BCUT2D eigenvalue weighted by Crippen LogP contribution is 2.37. The van der Waals surface area contributed by atoms with Gasteiger partial charge in [0.1, 0.15) is 11.4 Å². The molecule has 3 heteroatoms. The third-order valence-corrected chi connectivity index (χ3v) is 3.87. The lowest BCUT2D eigenvalue weighted by Gasteiger charge is -2.18. The van der Waals surface area contributed by atoms with Gasteiger partial charge in [-0.3, -0.25) is 4.98 Å². The van der Waals surface area contributed by atoms with Gasteiger partial charge in [0.15, 0.2) is 0 Å². The Labute approximate surface area is 126 Å². The predicted molar refractivity (Wildman–Crippen MR) is 85.9 cm³/mol. The van der Waals surface area contributed by atoms with Crippen molar-refractivity contribution in [2.45, 2.75) is 46.3 Å². The largest absolute Gasteiger partial charge is 0.487 e. The Hall–Kier alpha value is -2.03. The average molecular weight is 282 g/mol. The van der Waals surface area contributed by atoms with Gasteiger partial charge in [-0.2, -0.15) is 0 Å². The second-order valence-electron chi connectivity index (χ2n) is 6.38. The summed E-state index contributed by atoms with van der Waals surface area (Å²) in [5.74, 6) is 1.05. The molecule has 3 rings (SSSR count). The summed E-state index contributed by atoms with van der Waals surface area (Å²) < 4.78 is 6.11. The second kappa shape index (κ2) is 5.06. The van der Waals surface area contributed by atoms with Crippen LogP contribution in [0.5, 0.6) is 5.75 Å². The van der Waals surface area contributed by atoms with Gasteiger partial charge >= 0.3 is 0 Å². The number of para-hydroxylation sites is 1. The van der Waals surface area contributed by atoms with Gasteiger partial charge in [0.05, 0.1) is 11.4 Å². The molecule has 1 N–H and O–H groups in total. The topological polar surface area (TPSA) is 34.1 Å². The van der Waals surface area contributed by atoms with Gasteiger partial charge in [0, 0.05) is 24.2 Å². The molecule has 110 valence electrons. The number of fused-ring (bicyclic) bond motifs is 1. The standard InChI is InChI=1S/C18H22N2O/c1-12-8-9-16(13(2)20-12)19-11-15-7-5-6-14-10-18(3,4)21-17(14)15/h5-9,19H,10-11H2,1-4H3. The summed E-state index contributed by atoms with van der Waals surface area (Å²) in [6.07, 6.45) is 0.974. The number of rotatable bonds is 3. The molecule has 0 fully saturated rings. The van der Waals surface area contributed by atoms with Crippen LogP contribution in [0.3, 0.4) is 0 Å². The molecule has 0 atom stereocenters. The number of ether oxygens (including phenoxy) is 1. The first kappa shape index (κ1) is 13.9. The van der Waals surface area contributed by atoms with Crippen molar-refractivity contribution < 1.29 is 4.74 Å². The van der Waals surface area contributed by atoms with Crippen LogP contribution in [0.25, 0.3) is 0 Å². The number of benzene rings is 1. The zero-order valence-corrected chi connectivity index (χ0v) is 13.2. The van der Waals surface area contributed by atoms with Crippen LogP contribution >= 0.6 is 0 Å². The lowest BCUT2D eigenvalue weighted by Crippen LogP contribution is -2.25. The summed E-state index contributed by atoms with van der Waals surface area (Å²) in [6.45, 7) is 9.07. The number of aromatic nitrogens is 1. The monoisotopic (exact) mass is 282 g/mol. The molecule has 0 saturated carbocycles. The third-order valence-electron chi connectivity index (χ3n) is 3.87. The molecular formula is C18H22N2O. The summed E-state index contributed by atoms with van der Waals surface area (Å²) in [7, 11) is 0. The number of aryl methyl sites for hydroxylation is 2. The van der Waals surface area contributed by atoms with E-state index in [1.165, 1.54) is 11.1 Å². The van der Waals surface area contributed by atoms with E-state index in [0.29, 0.717) is 0 Å². The summed E-state index contributed by atoms with van der Waals surface area (Å²) in [4.78, 5) is 4.49. The lowest BCUT2D eigenvalue weighted by molar-refractivity contribution is 0.137. The molecule has 1 aromatic heterocycles. The number of hydrogen-bond donors (Lipinski definition) is 1. The van der Waals surface area contributed by atoms with E-state index in [9.17, 15) is 0 Å². The fourth-order valence-corrected chi connectivity index (χ4v) is 2.88. The van der Waals surface area contributed by atoms with E-state index in [-0.39, 0.29) is 5.60 Å². The van der Waals surface area contributed by atoms with Gasteiger partial charge in [-0.15, -0.1) is 0 Å². The van der Waals surface area contributed by atoms with Crippen molar-refractivity contribution in [3.63, 3.8) is 0 Å². The number of nitrogens with zero attached hydrogens (tertiary/aromatic N) is 1. The van der Waals surface area contributed by atoms with Crippen LogP contribution in [0.4, 0.5) is 5.69 Å². The molecule has 3 nitrogen and oxygen atoms in total. The average Bonchev–Trinajstić information content (AvgIpc) is 2.72. The summed E-state index contributed by atoms with van der Waals surface area (Å²) in [6, 6.07) is 10.5. The molecule has 0 saturated heterocycles. The first-order valence-corrected chi connectivity index (χ1v) is 7.42. The van der Waals surface area contributed by atoms with Crippen molar-refractivity contribution in [1.82, 2.24) is 4.98 Å². The van der Waals surface area contributed by atoms with Gasteiger partial charge in [0.25, 0.3) is 0 Å². The Morgan fingerprint density at radius 3 is 2.76 bits per heavy atom. The summed E-state index contributed by atoms with van der Waals surface area (Å²) in [5, 5.41) is 3.47. The number of hydrogen-bond acceptors (Lipinski definition) is 3. The van der Waals surface area contributed by atoms with Crippen molar-refractivity contribution in [3.05, 3.63) is 52.8 Å². The first-order valence-electron chi connectivity index (χ1n) is 7.42. The number of pyridine rings is 1. The highest BCUT2D eigenvalue weighted by Gasteiger charge is 2.31. The maximum absolute atomic E-state index is 6.11. The Morgan fingerprint density at radius 2 is 2.00 bits per heavy atom. The van der Waals surface area contributed by atoms with Crippen LogP contribution in [0, 0.1) is 13.8 Å².